The minimum Gasteiger partial charge on any atom is -0.322 e. The van der Waals surface area contributed by atoms with Gasteiger partial charge in [0.05, 0.1) is 11.4 Å². The summed E-state index contributed by atoms with van der Waals surface area (Å²) in [5, 5.41) is 5.69. The molecule has 3 rings (SSSR count). The summed E-state index contributed by atoms with van der Waals surface area (Å²) in [5.41, 5.74) is 2.91. The third-order valence-corrected chi connectivity index (χ3v) is 5.13. The van der Waals surface area contributed by atoms with Gasteiger partial charge in [-0.15, -0.1) is 11.3 Å². The van der Waals surface area contributed by atoms with Gasteiger partial charge in [-0.1, -0.05) is 35.9 Å². The molecule has 0 bridgehead atoms. The fraction of sp³-hybridized carbons (Fsp3) is 0.0952. The Hall–Kier alpha value is -2.96. The van der Waals surface area contributed by atoms with Crippen molar-refractivity contribution in [2.24, 2.45) is 0 Å². The number of hydrogen-bond donors (Lipinski definition) is 1. The molecule has 0 radical (unpaired) electrons. The molecule has 1 heterocycles. The van der Waals surface area contributed by atoms with Gasteiger partial charge in [0, 0.05) is 29.1 Å². The number of halogens is 1. The molecule has 0 aliphatic carbocycles. The van der Waals surface area contributed by atoms with Gasteiger partial charge in [-0.25, -0.2) is 4.98 Å². The Morgan fingerprint density at radius 2 is 1.93 bits per heavy atom. The maximum atomic E-state index is 12.1. The van der Waals surface area contributed by atoms with Crippen molar-refractivity contribution < 1.29 is 9.59 Å². The predicted molar refractivity (Wildman–Crippen MR) is 115 cm³/mol. The molecule has 5 nitrogen and oxygen atoms in total. The lowest BCUT2D eigenvalue weighted by Crippen LogP contribution is -2.22. The number of carbonyl (C=O) groups is 2. The van der Waals surface area contributed by atoms with E-state index in [1.54, 1.807) is 23.6 Å². The highest BCUT2D eigenvalue weighted by Crippen LogP contribution is 2.29. The number of aromatic nitrogens is 1. The maximum Gasteiger partial charge on any atom is 0.248 e. The standard InChI is InChI=1S/C21H18ClN3O2S/c1-14-8-9-16(12-19(14)22)23-20(27)11-10-17-13-28-21(24-17)25(15(2)26)18-6-4-3-5-7-18/h3-13H,1-2H3,(H,23,27)/b11-10+. The highest BCUT2D eigenvalue weighted by molar-refractivity contribution is 7.14. The fourth-order valence-corrected chi connectivity index (χ4v) is 3.51. The van der Waals surface area contributed by atoms with Crippen LogP contribution < -0.4 is 10.2 Å². The number of nitrogens with zero attached hydrogens (tertiary/aromatic N) is 2. The number of anilines is 3. The number of rotatable bonds is 5. The summed E-state index contributed by atoms with van der Waals surface area (Å²) < 4.78 is 0. The number of thiazole rings is 1. The second-order valence-corrected chi connectivity index (χ2v) is 7.28. The van der Waals surface area contributed by atoms with Crippen LogP contribution in [0.25, 0.3) is 6.08 Å². The van der Waals surface area contributed by atoms with E-state index in [4.69, 9.17) is 11.6 Å². The van der Waals surface area contributed by atoms with E-state index in [1.165, 1.54) is 29.2 Å². The first-order valence-electron chi connectivity index (χ1n) is 8.50. The smallest absolute Gasteiger partial charge is 0.248 e. The lowest BCUT2D eigenvalue weighted by atomic mass is 10.2. The van der Waals surface area contributed by atoms with Crippen molar-refractivity contribution in [1.82, 2.24) is 4.98 Å². The number of nitrogens with one attached hydrogen (secondary N) is 1. The number of carbonyl (C=O) groups excluding carboxylic acids is 2. The van der Waals surface area contributed by atoms with E-state index in [0.717, 1.165) is 11.3 Å². The van der Waals surface area contributed by atoms with Crippen molar-refractivity contribution in [3.8, 4) is 0 Å². The highest BCUT2D eigenvalue weighted by atomic mass is 35.5. The van der Waals surface area contributed by atoms with Crippen molar-refractivity contribution in [3.05, 3.63) is 76.3 Å². The third kappa shape index (κ3) is 4.85. The number of amides is 2. The number of benzene rings is 2. The summed E-state index contributed by atoms with van der Waals surface area (Å²) >= 11 is 7.40. The second-order valence-electron chi connectivity index (χ2n) is 6.03. The SMILES string of the molecule is CC(=O)N(c1ccccc1)c1nc(/C=C/C(=O)Nc2ccc(C)c(Cl)c2)cs1. The minimum absolute atomic E-state index is 0.134. The molecule has 0 saturated carbocycles. The Morgan fingerprint density at radius 3 is 2.61 bits per heavy atom. The average molecular weight is 412 g/mol. The van der Waals surface area contributed by atoms with E-state index in [1.807, 2.05) is 43.3 Å². The van der Waals surface area contributed by atoms with Gasteiger partial charge in [-0.05, 0) is 42.8 Å². The molecule has 7 heteroatoms. The quantitative estimate of drug-likeness (QED) is 0.568. The summed E-state index contributed by atoms with van der Waals surface area (Å²) in [6.07, 6.45) is 3.00. The molecule has 0 spiro atoms. The molecule has 0 fully saturated rings. The monoisotopic (exact) mass is 411 g/mol. The summed E-state index contributed by atoms with van der Waals surface area (Å²) in [6, 6.07) is 14.6. The van der Waals surface area contributed by atoms with Crippen LogP contribution >= 0.6 is 22.9 Å². The number of para-hydroxylation sites is 1. The molecule has 0 atom stereocenters. The van der Waals surface area contributed by atoms with Gasteiger partial charge in [0.2, 0.25) is 11.8 Å². The molecular formula is C21H18ClN3O2S. The van der Waals surface area contributed by atoms with Gasteiger partial charge in [0.1, 0.15) is 0 Å². The molecule has 3 aromatic rings. The van der Waals surface area contributed by atoms with Crippen LogP contribution in [0.5, 0.6) is 0 Å². The average Bonchev–Trinajstić information content (AvgIpc) is 3.12. The first-order valence-corrected chi connectivity index (χ1v) is 9.76. The van der Waals surface area contributed by atoms with E-state index < -0.39 is 0 Å². The molecule has 1 N–H and O–H groups in total. The van der Waals surface area contributed by atoms with Gasteiger partial charge in [0.15, 0.2) is 5.13 Å². The fourth-order valence-electron chi connectivity index (χ4n) is 2.48. The van der Waals surface area contributed by atoms with Crippen LogP contribution in [0.1, 0.15) is 18.2 Å². The molecule has 142 valence electrons. The molecular weight excluding hydrogens is 394 g/mol. The summed E-state index contributed by atoms with van der Waals surface area (Å²) in [6.45, 7) is 3.39. The van der Waals surface area contributed by atoms with Gasteiger partial charge >= 0.3 is 0 Å². The van der Waals surface area contributed by atoms with Gasteiger partial charge in [0.25, 0.3) is 0 Å². The number of aryl methyl sites for hydroxylation is 1. The lowest BCUT2D eigenvalue weighted by molar-refractivity contribution is -0.116. The van der Waals surface area contributed by atoms with Crippen LogP contribution in [0.2, 0.25) is 5.02 Å². The van der Waals surface area contributed by atoms with Gasteiger partial charge in [-0.3, -0.25) is 14.5 Å². The van der Waals surface area contributed by atoms with Crippen LogP contribution in [0.15, 0.2) is 60.0 Å². The lowest BCUT2D eigenvalue weighted by Gasteiger charge is -2.17. The van der Waals surface area contributed by atoms with Crippen molar-refractivity contribution in [3.63, 3.8) is 0 Å². The first kappa shape index (κ1) is 19.8. The predicted octanol–water partition coefficient (Wildman–Crippen LogP) is 5.44. The Balaban J connectivity index is 1.71. The molecule has 1 aromatic heterocycles. The third-order valence-electron chi connectivity index (χ3n) is 3.88. The Kier molecular flexibility index (Phi) is 6.23. The van der Waals surface area contributed by atoms with Crippen molar-refractivity contribution >= 4 is 57.3 Å². The van der Waals surface area contributed by atoms with E-state index in [0.29, 0.717) is 21.5 Å². The van der Waals surface area contributed by atoms with Crippen molar-refractivity contribution in [2.75, 3.05) is 10.2 Å². The zero-order chi connectivity index (χ0) is 20.1. The van der Waals surface area contributed by atoms with E-state index in [9.17, 15) is 9.59 Å². The molecule has 28 heavy (non-hydrogen) atoms. The zero-order valence-corrected chi connectivity index (χ0v) is 16.9. The van der Waals surface area contributed by atoms with Crippen LogP contribution in [0, 0.1) is 6.92 Å². The van der Waals surface area contributed by atoms with Crippen molar-refractivity contribution in [2.45, 2.75) is 13.8 Å². The van der Waals surface area contributed by atoms with Crippen molar-refractivity contribution in [1.29, 1.82) is 0 Å². The Bertz CT molecular complexity index is 1030. The van der Waals surface area contributed by atoms with Gasteiger partial charge in [-0.2, -0.15) is 0 Å². The summed E-state index contributed by atoms with van der Waals surface area (Å²) in [4.78, 5) is 30.2. The van der Waals surface area contributed by atoms with Crippen LogP contribution in [-0.4, -0.2) is 16.8 Å². The topological polar surface area (TPSA) is 62.3 Å². The normalized spacial score (nSPS) is 10.8. The summed E-state index contributed by atoms with van der Waals surface area (Å²) in [5.74, 6) is -0.425. The second kappa shape index (κ2) is 8.82. The first-order chi connectivity index (χ1) is 13.4. The van der Waals surface area contributed by atoms with E-state index >= 15 is 0 Å². The minimum atomic E-state index is -0.291. The van der Waals surface area contributed by atoms with E-state index in [-0.39, 0.29) is 11.8 Å². The molecule has 2 aromatic carbocycles. The van der Waals surface area contributed by atoms with E-state index in [2.05, 4.69) is 10.3 Å². The molecule has 2 amide bonds. The highest BCUT2D eigenvalue weighted by Gasteiger charge is 2.17. The Labute approximate surface area is 172 Å². The largest absolute Gasteiger partial charge is 0.322 e. The van der Waals surface area contributed by atoms with Gasteiger partial charge < -0.3 is 5.32 Å². The maximum absolute atomic E-state index is 12.1. The van der Waals surface area contributed by atoms with Crippen LogP contribution in [-0.2, 0) is 9.59 Å². The molecule has 0 unspecified atom stereocenters. The molecule has 0 aliphatic heterocycles. The summed E-state index contributed by atoms with van der Waals surface area (Å²) in [7, 11) is 0. The van der Waals surface area contributed by atoms with Crippen LogP contribution in [0.3, 0.4) is 0 Å². The molecule has 0 aliphatic rings. The zero-order valence-electron chi connectivity index (χ0n) is 15.3. The Morgan fingerprint density at radius 1 is 1.18 bits per heavy atom. The molecule has 0 saturated heterocycles. The number of hydrogen-bond acceptors (Lipinski definition) is 4. The van der Waals surface area contributed by atoms with Crippen LogP contribution in [0.4, 0.5) is 16.5 Å².